The van der Waals surface area contributed by atoms with E-state index in [1.807, 2.05) is 11.8 Å². The molecular weight excluding hydrogens is 192 g/mol. The average Bonchev–Trinajstić information content (AvgIpc) is 2.69. The Morgan fingerprint density at radius 2 is 1.79 bits per heavy atom. The van der Waals surface area contributed by atoms with Crippen LogP contribution in [0.3, 0.4) is 0 Å². The number of hydrogen-bond acceptors (Lipinski definition) is 2. The molecule has 0 saturated heterocycles. The summed E-state index contributed by atoms with van der Waals surface area (Å²) >= 11 is 2.00. The molecule has 1 aliphatic carbocycles. The van der Waals surface area contributed by atoms with Crippen LogP contribution in [0.5, 0.6) is 0 Å². The monoisotopic (exact) mass is 216 g/mol. The maximum absolute atomic E-state index is 9.95. The van der Waals surface area contributed by atoms with E-state index in [0.29, 0.717) is 5.92 Å². The van der Waals surface area contributed by atoms with Crippen molar-refractivity contribution in [2.75, 3.05) is 5.75 Å². The summed E-state index contributed by atoms with van der Waals surface area (Å²) in [5.41, 5.74) is 0. The van der Waals surface area contributed by atoms with Crippen molar-refractivity contribution < 1.29 is 5.11 Å². The molecule has 1 unspecified atom stereocenters. The fraction of sp³-hybridized carbons (Fsp3) is 1.00. The van der Waals surface area contributed by atoms with Crippen LogP contribution in [-0.2, 0) is 0 Å². The zero-order chi connectivity index (χ0) is 10.4. The second-order valence-electron chi connectivity index (χ2n) is 4.38. The van der Waals surface area contributed by atoms with Gasteiger partial charge in [-0.25, -0.2) is 0 Å². The maximum Gasteiger partial charge on any atom is 0.0658 e. The fourth-order valence-electron chi connectivity index (χ4n) is 2.26. The van der Waals surface area contributed by atoms with E-state index >= 15 is 0 Å². The van der Waals surface area contributed by atoms with Crippen molar-refractivity contribution in [3.8, 4) is 0 Å². The van der Waals surface area contributed by atoms with Crippen molar-refractivity contribution in [2.24, 2.45) is 5.92 Å². The predicted molar refractivity (Wildman–Crippen MR) is 64.8 cm³/mol. The first-order chi connectivity index (χ1) is 6.77. The van der Waals surface area contributed by atoms with Crippen LogP contribution in [0.2, 0.25) is 0 Å². The van der Waals surface area contributed by atoms with Gasteiger partial charge in [0.25, 0.3) is 0 Å². The Bertz CT molecular complexity index is 139. The number of hydrogen-bond donors (Lipinski definition) is 1. The normalized spacial score (nSPS) is 20.6. The molecule has 0 aromatic carbocycles. The molecule has 1 atom stereocenters. The van der Waals surface area contributed by atoms with Crippen LogP contribution in [0.15, 0.2) is 0 Å². The SMILES string of the molecule is CCC(CC)C(O)CSC1CCCC1. The summed E-state index contributed by atoms with van der Waals surface area (Å²) in [5, 5.41) is 10.8. The topological polar surface area (TPSA) is 20.2 Å². The highest BCUT2D eigenvalue weighted by Gasteiger charge is 2.20. The van der Waals surface area contributed by atoms with Crippen LogP contribution in [-0.4, -0.2) is 22.2 Å². The van der Waals surface area contributed by atoms with Gasteiger partial charge < -0.3 is 5.11 Å². The lowest BCUT2D eigenvalue weighted by molar-refractivity contribution is 0.125. The quantitative estimate of drug-likeness (QED) is 0.734. The minimum Gasteiger partial charge on any atom is -0.392 e. The van der Waals surface area contributed by atoms with Gasteiger partial charge in [0.1, 0.15) is 0 Å². The first-order valence-corrected chi connectivity index (χ1v) is 7.12. The number of rotatable bonds is 6. The third-order valence-corrected chi connectivity index (χ3v) is 4.87. The second-order valence-corrected chi connectivity index (χ2v) is 5.72. The van der Waals surface area contributed by atoms with Crippen molar-refractivity contribution >= 4 is 11.8 Å². The fourth-order valence-corrected chi connectivity index (χ4v) is 3.67. The van der Waals surface area contributed by atoms with Crippen LogP contribution in [0.25, 0.3) is 0 Å². The molecular formula is C12H24OS. The second kappa shape index (κ2) is 6.73. The summed E-state index contributed by atoms with van der Waals surface area (Å²) in [6, 6.07) is 0. The molecule has 84 valence electrons. The highest BCUT2D eigenvalue weighted by molar-refractivity contribution is 7.99. The third kappa shape index (κ3) is 3.82. The van der Waals surface area contributed by atoms with Gasteiger partial charge in [-0.1, -0.05) is 39.5 Å². The Balaban J connectivity index is 2.15. The average molecular weight is 216 g/mol. The molecule has 0 aromatic rings. The lowest BCUT2D eigenvalue weighted by Gasteiger charge is -2.21. The van der Waals surface area contributed by atoms with Gasteiger partial charge in [0.2, 0.25) is 0 Å². The van der Waals surface area contributed by atoms with Gasteiger partial charge in [0.05, 0.1) is 6.10 Å². The van der Waals surface area contributed by atoms with Gasteiger partial charge in [-0.2, -0.15) is 11.8 Å². The minimum absolute atomic E-state index is 0.0735. The van der Waals surface area contributed by atoms with Crippen LogP contribution in [0.1, 0.15) is 52.4 Å². The minimum atomic E-state index is -0.0735. The first kappa shape index (κ1) is 12.4. The molecule has 1 aliphatic rings. The predicted octanol–water partition coefficient (Wildman–Crippen LogP) is 3.46. The van der Waals surface area contributed by atoms with Crippen LogP contribution in [0.4, 0.5) is 0 Å². The summed E-state index contributed by atoms with van der Waals surface area (Å²) < 4.78 is 0. The maximum atomic E-state index is 9.95. The lowest BCUT2D eigenvalue weighted by Crippen LogP contribution is -2.22. The molecule has 14 heavy (non-hydrogen) atoms. The summed E-state index contributed by atoms with van der Waals surface area (Å²) in [6.45, 7) is 4.36. The molecule has 1 fully saturated rings. The van der Waals surface area contributed by atoms with E-state index in [0.717, 1.165) is 23.8 Å². The Morgan fingerprint density at radius 3 is 2.29 bits per heavy atom. The molecule has 1 N–H and O–H groups in total. The number of aliphatic hydroxyl groups excluding tert-OH is 1. The van der Waals surface area contributed by atoms with Gasteiger partial charge >= 0.3 is 0 Å². The molecule has 0 spiro atoms. The van der Waals surface area contributed by atoms with E-state index in [-0.39, 0.29) is 6.10 Å². The highest BCUT2D eigenvalue weighted by atomic mass is 32.2. The molecule has 2 heteroatoms. The van der Waals surface area contributed by atoms with E-state index in [2.05, 4.69) is 13.8 Å². The summed E-state index contributed by atoms with van der Waals surface area (Å²) in [7, 11) is 0. The Morgan fingerprint density at radius 1 is 1.21 bits per heavy atom. The molecule has 0 heterocycles. The third-order valence-electron chi connectivity index (χ3n) is 3.40. The molecule has 1 rings (SSSR count). The van der Waals surface area contributed by atoms with Crippen molar-refractivity contribution in [1.29, 1.82) is 0 Å². The smallest absolute Gasteiger partial charge is 0.0658 e. The molecule has 1 saturated carbocycles. The van der Waals surface area contributed by atoms with E-state index < -0.39 is 0 Å². The Labute approximate surface area is 92.7 Å². The summed E-state index contributed by atoms with van der Waals surface area (Å²) in [4.78, 5) is 0. The van der Waals surface area contributed by atoms with Crippen molar-refractivity contribution in [3.63, 3.8) is 0 Å². The largest absolute Gasteiger partial charge is 0.392 e. The zero-order valence-corrected chi connectivity index (χ0v) is 10.4. The summed E-state index contributed by atoms with van der Waals surface area (Å²) in [6.07, 6.45) is 7.71. The van der Waals surface area contributed by atoms with E-state index in [1.54, 1.807) is 0 Å². The van der Waals surface area contributed by atoms with Gasteiger partial charge in [0.15, 0.2) is 0 Å². The Kier molecular flexibility index (Phi) is 5.95. The van der Waals surface area contributed by atoms with E-state index in [9.17, 15) is 5.11 Å². The molecule has 0 aliphatic heterocycles. The van der Waals surface area contributed by atoms with Gasteiger partial charge in [-0.05, 0) is 18.8 Å². The van der Waals surface area contributed by atoms with Crippen molar-refractivity contribution in [1.82, 2.24) is 0 Å². The lowest BCUT2D eigenvalue weighted by atomic mass is 9.98. The molecule has 0 bridgehead atoms. The first-order valence-electron chi connectivity index (χ1n) is 6.07. The molecule has 0 amide bonds. The van der Waals surface area contributed by atoms with Crippen molar-refractivity contribution in [3.05, 3.63) is 0 Å². The van der Waals surface area contributed by atoms with Gasteiger partial charge in [-0.3, -0.25) is 0 Å². The van der Waals surface area contributed by atoms with Crippen LogP contribution < -0.4 is 0 Å². The molecule has 0 radical (unpaired) electrons. The number of thioether (sulfide) groups is 1. The highest BCUT2D eigenvalue weighted by Crippen LogP contribution is 2.31. The molecule has 1 nitrogen and oxygen atoms in total. The zero-order valence-electron chi connectivity index (χ0n) is 9.54. The van der Waals surface area contributed by atoms with Crippen molar-refractivity contribution in [2.45, 2.75) is 63.7 Å². The number of aliphatic hydroxyl groups is 1. The summed E-state index contributed by atoms with van der Waals surface area (Å²) in [5.74, 6) is 1.47. The van der Waals surface area contributed by atoms with Crippen LogP contribution >= 0.6 is 11.8 Å². The van der Waals surface area contributed by atoms with E-state index in [1.165, 1.54) is 25.7 Å². The molecule has 0 aromatic heterocycles. The van der Waals surface area contributed by atoms with E-state index in [4.69, 9.17) is 0 Å². The Hall–Kier alpha value is 0.310. The van der Waals surface area contributed by atoms with Crippen LogP contribution in [0, 0.1) is 5.92 Å². The van der Waals surface area contributed by atoms with Gasteiger partial charge in [0, 0.05) is 11.0 Å². The van der Waals surface area contributed by atoms with Gasteiger partial charge in [-0.15, -0.1) is 0 Å². The standard InChI is InChI=1S/C12H24OS/c1-3-10(4-2)12(13)9-14-11-7-5-6-8-11/h10-13H,3-9H2,1-2H3.